The van der Waals surface area contributed by atoms with Gasteiger partial charge in [0.15, 0.2) is 5.78 Å². The van der Waals surface area contributed by atoms with Gasteiger partial charge in [0.05, 0.1) is 0 Å². The Kier molecular flexibility index (Phi) is 5.47. The van der Waals surface area contributed by atoms with Gasteiger partial charge in [-0.25, -0.2) is 0 Å². The standard InChI is InChI=1S/C18H16O3/c19-17(12-11-15-7-3-1-4-8-15)13-18(20)21-14-16-9-5-2-6-10-16/h1-12H,13-14H2. The minimum atomic E-state index is -0.512. The van der Waals surface area contributed by atoms with Crippen molar-refractivity contribution < 1.29 is 14.3 Å². The molecule has 0 amide bonds. The molecule has 0 fully saturated rings. The Bertz CT molecular complexity index is 615. The second-order valence-electron chi connectivity index (χ2n) is 4.53. The summed E-state index contributed by atoms with van der Waals surface area (Å²) in [5.41, 5.74) is 1.82. The van der Waals surface area contributed by atoms with Crippen LogP contribution in [0.15, 0.2) is 66.7 Å². The van der Waals surface area contributed by atoms with Gasteiger partial charge in [-0.05, 0) is 17.2 Å². The van der Waals surface area contributed by atoms with Crippen LogP contribution in [0.1, 0.15) is 17.5 Å². The Morgan fingerprint density at radius 3 is 2.19 bits per heavy atom. The monoisotopic (exact) mass is 280 g/mol. The number of allylic oxidation sites excluding steroid dienone is 1. The molecule has 0 saturated carbocycles. The third-order valence-corrected chi connectivity index (χ3v) is 2.82. The van der Waals surface area contributed by atoms with Crippen LogP contribution in [0.2, 0.25) is 0 Å². The Balaban J connectivity index is 1.77. The third kappa shape index (κ3) is 5.45. The summed E-state index contributed by atoms with van der Waals surface area (Å²) in [7, 11) is 0. The molecule has 0 spiro atoms. The quantitative estimate of drug-likeness (QED) is 0.463. The number of ketones is 1. The minimum Gasteiger partial charge on any atom is -0.460 e. The number of carbonyl (C=O) groups excluding carboxylic acids is 2. The number of ether oxygens (including phenoxy) is 1. The lowest BCUT2D eigenvalue weighted by molar-refractivity contribution is -0.146. The van der Waals surface area contributed by atoms with E-state index < -0.39 is 5.97 Å². The third-order valence-electron chi connectivity index (χ3n) is 2.82. The maximum absolute atomic E-state index is 11.7. The lowest BCUT2D eigenvalue weighted by Crippen LogP contribution is -2.09. The van der Waals surface area contributed by atoms with Crippen LogP contribution in [0.25, 0.3) is 6.08 Å². The highest BCUT2D eigenvalue weighted by atomic mass is 16.5. The van der Waals surface area contributed by atoms with E-state index in [1.165, 1.54) is 6.08 Å². The minimum absolute atomic E-state index is 0.190. The molecule has 0 saturated heterocycles. The fourth-order valence-corrected chi connectivity index (χ4v) is 1.74. The lowest BCUT2D eigenvalue weighted by Gasteiger charge is -2.03. The summed E-state index contributed by atoms with van der Waals surface area (Å²) in [6.07, 6.45) is 2.85. The smallest absolute Gasteiger partial charge is 0.314 e. The predicted molar refractivity (Wildman–Crippen MR) is 81.3 cm³/mol. The highest BCUT2D eigenvalue weighted by molar-refractivity contribution is 6.03. The van der Waals surface area contributed by atoms with Crippen LogP contribution in [-0.4, -0.2) is 11.8 Å². The van der Waals surface area contributed by atoms with E-state index in [2.05, 4.69) is 0 Å². The Morgan fingerprint density at radius 2 is 1.52 bits per heavy atom. The fourth-order valence-electron chi connectivity index (χ4n) is 1.74. The van der Waals surface area contributed by atoms with Crippen molar-refractivity contribution in [1.82, 2.24) is 0 Å². The van der Waals surface area contributed by atoms with Crippen LogP contribution in [0.4, 0.5) is 0 Å². The highest BCUT2D eigenvalue weighted by Crippen LogP contribution is 2.04. The van der Waals surface area contributed by atoms with Crippen LogP contribution in [-0.2, 0) is 20.9 Å². The maximum Gasteiger partial charge on any atom is 0.314 e. The van der Waals surface area contributed by atoms with Gasteiger partial charge in [0.2, 0.25) is 0 Å². The number of rotatable bonds is 6. The summed E-state index contributed by atoms with van der Waals surface area (Å²) in [4.78, 5) is 23.2. The summed E-state index contributed by atoms with van der Waals surface area (Å²) >= 11 is 0. The summed E-state index contributed by atoms with van der Waals surface area (Å²) in [6.45, 7) is 0.190. The molecule has 2 aromatic carbocycles. The van der Waals surface area contributed by atoms with E-state index in [0.717, 1.165) is 11.1 Å². The van der Waals surface area contributed by atoms with Crippen molar-refractivity contribution in [2.24, 2.45) is 0 Å². The van der Waals surface area contributed by atoms with Gasteiger partial charge < -0.3 is 4.74 Å². The van der Waals surface area contributed by atoms with Gasteiger partial charge in [0, 0.05) is 0 Å². The molecule has 2 rings (SSSR count). The van der Waals surface area contributed by atoms with E-state index in [-0.39, 0.29) is 18.8 Å². The number of benzene rings is 2. The molecule has 0 aliphatic rings. The molecule has 106 valence electrons. The van der Waals surface area contributed by atoms with E-state index in [9.17, 15) is 9.59 Å². The first-order chi connectivity index (χ1) is 10.2. The first-order valence-electron chi connectivity index (χ1n) is 6.69. The molecular formula is C18H16O3. The van der Waals surface area contributed by atoms with Crippen molar-refractivity contribution >= 4 is 17.8 Å². The lowest BCUT2D eigenvalue weighted by atomic mass is 10.2. The van der Waals surface area contributed by atoms with Gasteiger partial charge in [0.1, 0.15) is 13.0 Å². The molecule has 0 aliphatic heterocycles. The van der Waals surface area contributed by atoms with Crippen molar-refractivity contribution in [2.45, 2.75) is 13.0 Å². The second kappa shape index (κ2) is 7.80. The molecule has 0 bridgehead atoms. The fraction of sp³-hybridized carbons (Fsp3) is 0.111. The summed E-state index contributed by atoms with van der Waals surface area (Å²) in [6, 6.07) is 18.8. The Morgan fingerprint density at radius 1 is 0.905 bits per heavy atom. The van der Waals surface area contributed by atoms with Crippen molar-refractivity contribution in [3.63, 3.8) is 0 Å². The van der Waals surface area contributed by atoms with Crippen LogP contribution in [0.5, 0.6) is 0 Å². The molecule has 21 heavy (non-hydrogen) atoms. The molecule has 0 N–H and O–H groups in total. The summed E-state index contributed by atoms with van der Waals surface area (Å²) in [5.74, 6) is -0.779. The number of hydrogen-bond acceptors (Lipinski definition) is 3. The summed E-state index contributed by atoms with van der Waals surface area (Å²) in [5, 5.41) is 0. The molecule has 0 aliphatic carbocycles. The van der Waals surface area contributed by atoms with E-state index in [1.807, 2.05) is 60.7 Å². The van der Waals surface area contributed by atoms with Gasteiger partial charge >= 0.3 is 5.97 Å². The molecule has 0 atom stereocenters. The van der Waals surface area contributed by atoms with Crippen LogP contribution >= 0.6 is 0 Å². The molecule has 0 aromatic heterocycles. The zero-order chi connectivity index (χ0) is 14.9. The molecule has 0 unspecified atom stereocenters. The summed E-state index contributed by atoms with van der Waals surface area (Å²) < 4.78 is 5.06. The Hall–Kier alpha value is -2.68. The first kappa shape index (κ1) is 14.7. The van der Waals surface area contributed by atoms with Crippen molar-refractivity contribution in [3.8, 4) is 0 Å². The molecule has 0 heterocycles. The SMILES string of the molecule is O=C(C=Cc1ccccc1)CC(=O)OCc1ccccc1. The average molecular weight is 280 g/mol. The van der Waals surface area contributed by atoms with Gasteiger partial charge in [-0.1, -0.05) is 66.7 Å². The molecule has 2 aromatic rings. The van der Waals surface area contributed by atoms with Crippen LogP contribution in [0.3, 0.4) is 0 Å². The van der Waals surface area contributed by atoms with E-state index in [4.69, 9.17) is 4.74 Å². The van der Waals surface area contributed by atoms with Crippen molar-refractivity contribution in [1.29, 1.82) is 0 Å². The van der Waals surface area contributed by atoms with E-state index in [0.29, 0.717) is 0 Å². The van der Waals surface area contributed by atoms with E-state index in [1.54, 1.807) is 6.08 Å². The van der Waals surface area contributed by atoms with Crippen molar-refractivity contribution in [2.75, 3.05) is 0 Å². The number of carbonyl (C=O) groups is 2. The normalized spacial score (nSPS) is 10.5. The zero-order valence-electron chi connectivity index (χ0n) is 11.6. The first-order valence-corrected chi connectivity index (χ1v) is 6.69. The highest BCUT2D eigenvalue weighted by Gasteiger charge is 2.08. The van der Waals surface area contributed by atoms with Gasteiger partial charge in [0.25, 0.3) is 0 Å². The van der Waals surface area contributed by atoms with Crippen LogP contribution in [0, 0.1) is 0 Å². The Labute approximate surface area is 123 Å². The van der Waals surface area contributed by atoms with Gasteiger partial charge in [-0.2, -0.15) is 0 Å². The topological polar surface area (TPSA) is 43.4 Å². The average Bonchev–Trinajstić information content (AvgIpc) is 2.53. The maximum atomic E-state index is 11.7. The number of esters is 1. The molecular weight excluding hydrogens is 264 g/mol. The van der Waals surface area contributed by atoms with Crippen molar-refractivity contribution in [3.05, 3.63) is 77.9 Å². The number of hydrogen-bond donors (Lipinski definition) is 0. The largest absolute Gasteiger partial charge is 0.460 e. The molecule has 3 nitrogen and oxygen atoms in total. The zero-order valence-corrected chi connectivity index (χ0v) is 11.6. The van der Waals surface area contributed by atoms with Gasteiger partial charge in [-0.3, -0.25) is 9.59 Å². The van der Waals surface area contributed by atoms with Crippen LogP contribution < -0.4 is 0 Å². The van der Waals surface area contributed by atoms with E-state index >= 15 is 0 Å². The molecule has 3 heteroatoms. The predicted octanol–water partition coefficient (Wildman–Crippen LogP) is 3.40. The second-order valence-corrected chi connectivity index (χ2v) is 4.53. The molecule has 0 radical (unpaired) electrons. The van der Waals surface area contributed by atoms with Gasteiger partial charge in [-0.15, -0.1) is 0 Å².